The Morgan fingerprint density at radius 3 is 2.11 bits per heavy atom. The molecule has 1 aromatic carbocycles. The summed E-state index contributed by atoms with van der Waals surface area (Å²) in [6.07, 6.45) is 0. The second kappa shape index (κ2) is 8.55. The van der Waals surface area contributed by atoms with E-state index >= 15 is 0 Å². The molecule has 0 aliphatic carbocycles. The highest BCUT2D eigenvalue weighted by atomic mass is 16.5. The molecule has 0 unspecified atom stereocenters. The Kier molecular flexibility index (Phi) is 5.93. The molecule has 1 N–H and O–H groups in total. The molecule has 2 amide bonds. The highest BCUT2D eigenvalue weighted by Crippen LogP contribution is 2.28. The van der Waals surface area contributed by atoms with Gasteiger partial charge in [-0.15, -0.1) is 10.2 Å². The first-order chi connectivity index (χ1) is 13.5. The van der Waals surface area contributed by atoms with Crippen LogP contribution in [0.2, 0.25) is 0 Å². The number of aromatic nitrogens is 2. The Morgan fingerprint density at radius 2 is 1.61 bits per heavy atom. The molecular formula is C19H23N5O4. The standard InChI is InChI=1S/C19H23N5O4/c1-13(25)23-9-11-24(12-10-23)17-8-7-16(21-22-17)20-19(26)18-14(27-2)5-4-6-15(18)28-3/h4-8H,9-12H2,1-3H3,(H,20,21,26). The zero-order chi connectivity index (χ0) is 20.1. The van der Waals surface area contributed by atoms with E-state index in [-0.39, 0.29) is 5.91 Å². The van der Waals surface area contributed by atoms with Gasteiger partial charge in [-0.25, -0.2) is 0 Å². The largest absolute Gasteiger partial charge is 0.496 e. The number of nitrogens with zero attached hydrogens (tertiary/aromatic N) is 4. The predicted octanol–water partition coefficient (Wildman–Crippen LogP) is 1.41. The lowest BCUT2D eigenvalue weighted by Gasteiger charge is -2.34. The number of ether oxygens (including phenoxy) is 2. The summed E-state index contributed by atoms with van der Waals surface area (Å²) in [5.41, 5.74) is 0.290. The summed E-state index contributed by atoms with van der Waals surface area (Å²) in [6, 6.07) is 8.61. The minimum Gasteiger partial charge on any atom is -0.496 e. The van der Waals surface area contributed by atoms with Gasteiger partial charge in [-0.05, 0) is 24.3 Å². The van der Waals surface area contributed by atoms with Crippen LogP contribution in [0.5, 0.6) is 11.5 Å². The van der Waals surface area contributed by atoms with E-state index in [2.05, 4.69) is 20.4 Å². The minimum absolute atomic E-state index is 0.0792. The number of methoxy groups -OCH3 is 2. The zero-order valence-corrected chi connectivity index (χ0v) is 16.1. The molecule has 9 nitrogen and oxygen atoms in total. The summed E-state index contributed by atoms with van der Waals surface area (Å²) in [4.78, 5) is 28.0. The molecule has 148 valence electrons. The second-order valence-electron chi connectivity index (χ2n) is 6.26. The maximum atomic E-state index is 12.7. The summed E-state index contributed by atoms with van der Waals surface area (Å²) in [7, 11) is 2.98. The quantitative estimate of drug-likeness (QED) is 0.831. The Bertz CT molecular complexity index is 826. The number of amides is 2. The first kappa shape index (κ1) is 19.4. The van der Waals surface area contributed by atoms with Crippen LogP contribution < -0.4 is 19.7 Å². The summed E-state index contributed by atoms with van der Waals surface area (Å²) >= 11 is 0. The molecule has 1 aromatic heterocycles. The number of carbonyl (C=O) groups excluding carboxylic acids is 2. The number of hydrogen-bond acceptors (Lipinski definition) is 7. The molecule has 1 saturated heterocycles. The first-order valence-electron chi connectivity index (χ1n) is 8.90. The van der Waals surface area contributed by atoms with Crippen molar-refractivity contribution in [2.45, 2.75) is 6.92 Å². The van der Waals surface area contributed by atoms with Gasteiger partial charge in [0.1, 0.15) is 17.1 Å². The highest BCUT2D eigenvalue weighted by molar-refractivity contribution is 6.07. The van der Waals surface area contributed by atoms with Crippen LogP contribution in [0.4, 0.5) is 11.6 Å². The molecule has 2 heterocycles. The van der Waals surface area contributed by atoms with E-state index in [1.54, 1.807) is 42.2 Å². The topological polar surface area (TPSA) is 96.9 Å². The van der Waals surface area contributed by atoms with Crippen LogP contribution in [0.25, 0.3) is 0 Å². The van der Waals surface area contributed by atoms with Gasteiger partial charge in [-0.2, -0.15) is 0 Å². The van der Waals surface area contributed by atoms with E-state index in [9.17, 15) is 9.59 Å². The van der Waals surface area contributed by atoms with Gasteiger partial charge in [0.15, 0.2) is 11.6 Å². The molecule has 3 rings (SSSR count). The van der Waals surface area contributed by atoms with E-state index in [4.69, 9.17) is 9.47 Å². The zero-order valence-electron chi connectivity index (χ0n) is 16.1. The first-order valence-corrected chi connectivity index (χ1v) is 8.90. The Labute approximate surface area is 163 Å². The van der Waals surface area contributed by atoms with Gasteiger partial charge in [0.05, 0.1) is 14.2 Å². The predicted molar refractivity (Wildman–Crippen MR) is 104 cm³/mol. The van der Waals surface area contributed by atoms with E-state index in [0.717, 1.165) is 0 Å². The molecule has 0 radical (unpaired) electrons. The van der Waals surface area contributed by atoms with Crippen molar-refractivity contribution < 1.29 is 19.1 Å². The number of carbonyl (C=O) groups is 2. The number of hydrogen-bond donors (Lipinski definition) is 1. The third kappa shape index (κ3) is 4.13. The van der Waals surface area contributed by atoms with Gasteiger partial charge in [-0.3, -0.25) is 9.59 Å². The van der Waals surface area contributed by atoms with E-state index in [0.29, 0.717) is 54.9 Å². The molecule has 0 bridgehead atoms. The average molecular weight is 385 g/mol. The van der Waals surface area contributed by atoms with Gasteiger partial charge < -0.3 is 24.6 Å². The van der Waals surface area contributed by atoms with Crippen LogP contribution in [0, 0.1) is 0 Å². The molecule has 0 atom stereocenters. The van der Waals surface area contributed by atoms with Crippen molar-refractivity contribution in [3.05, 3.63) is 35.9 Å². The Morgan fingerprint density at radius 1 is 0.964 bits per heavy atom. The molecule has 9 heteroatoms. The SMILES string of the molecule is COc1cccc(OC)c1C(=O)Nc1ccc(N2CCN(C(C)=O)CC2)nn1. The van der Waals surface area contributed by atoms with Crippen molar-refractivity contribution in [1.82, 2.24) is 15.1 Å². The van der Waals surface area contributed by atoms with Gasteiger partial charge in [0, 0.05) is 33.1 Å². The van der Waals surface area contributed by atoms with Crippen LogP contribution in [-0.2, 0) is 4.79 Å². The van der Waals surface area contributed by atoms with Crippen molar-refractivity contribution >= 4 is 23.5 Å². The minimum atomic E-state index is -0.397. The van der Waals surface area contributed by atoms with Crippen molar-refractivity contribution in [3.63, 3.8) is 0 Å². The van der Waals surface area contributed by atoms with Crippen molar-refractivity contribution in [1.29, 1.82) is 0 Å². The lowest BCUT2D eigenvalue weighted by atomic mass is 10.1. The molecule has 28 heavy (non-hydrogen) atoms. The van der Waals surface area contributed by atoms with Gasteiger partial charge in [-0.1, -0.05) is 6.07 Å². The summed E-state index contributed by atoms with van der Waals surface area (Å²) in [6.45, 7) is 4.27. The van der Waals surface area contributed by atoms with Crippen LogP contribution in [0.1, 0.15) is 17.3 Å². The average Bonchev–Trinajstić information content (AvgIpc) is 2.73. The van der Waals surface area contributed by atoms with Gasteiger partial charge in [0.2, 0.25) is 5.91 Å². The lowest BCUT2D eigenvalue weighted by Crippen LogP contribution is -2.48. The number of piperazine rings is 1. The van der Waals surface area contributed by atoms with Crippen LogP contribution in [0.3, 0.4) is 0 Å². The van der Waals surface area contributed by atoms with E-state index in [1.807, 2.05) is 0 Å². The fourth-order valence-electron chi connectivity index (χ4n) is 3.06. The van der Waals surface area contributed by atoms with Crippen LogP contribution >= 0.6 is 0 Å². The molecule has 1 aliphatic heterocycles. The molecule has 1 fully saturated rings. The van der Waals surface area contributed by atoms with Crippen LogP contribution in [-0.4, -0.2) is 67.3 Å². The number of benzene rings is 1. The number of rotatable bonds is 5. The Hall–Kier alpha value is -3.36. The summed E-state index contributed by atoms with van der Waals surface area (Å²) < 4.78 is 10.5. The number of anilines is 2. The van der Waals surface area contributed by atoms with E-state index < -0.39 is 5.91 Å². The second-order valence-corrected chi connectivity index (χ2v) is 6.26. The fourth-order valence-corrected chi connectivity index (χ4v) is 3.06. The van der Waals surface area contributed by atoms with Gasteiger partial charge in [0.25, 0.3) is 5.91 Å². The fraction of sp³-hybridized carbons (Fsp3) is 0.368. The molecule has 1 aliphatic rings. The normalized spacial score (nSPS) is 13.8. The van der Waals surface area contributed by atoms with Crippen LogP contribution in [0.15, 0.2) is 30.3 Å². The third-order valence-corrected chi connectivity index (χ3v) is 4.60. The van der Waals surface area contributed by atoms with Crippen molar-refractivity contribution in [2.24, 2.45) is 0 Å². The molecule has 2 aromatic rings. The lowest BCUT2D eigenvalue weighted by molar-refractivity contribution is -0.129. The molecule has 0 spiro atoms. The summed E-state index contributed by atoms with van der Waals surface area (Å²) in [5, 5.41) is 11.0. The van der Waals surface area contributed by atoms with Crippen molar-refractivity contribution in [3.8, 4) is 11.5 Å². The third-order valence-electron chi connectivity index (χ3n) is 4.60. The summed E-state index contributed by atoms with van der Waals surface area (Å²) in [5.74, 6) is 1.52. The Balaban J connectivity index is 1.68. The monoisotopic (exact) mass is 385 g/mol. The van der Waals surface area contributed by atoms with Gasteiger partial charge >= 0.3 is 0 Å². The smallest absolute Gasteiger partial charge is 0.264 e. The van der Waals surface area contributed by atoms with E-state index in [1.165, 1.54) is 14.2 Å². The number of nitrogens with one attached hydrogen (secondary N) is 1. The maximum absolute atomic E-state index is 12.7. The molecular weight excluding hydrogens is 362 g/mol. The molecule has 0 saturated carbocycles. The maximum Gasteiger partial charge on any atom is 0.264 e. The highest BCUT2D eigenvalue weighted by Gasteiger charge is 2.21. The van der Waals surface area contributed by atoms with Crippen molar-refractivity contribution in [2.75, 3.05) is 50.6 Å².